The molecule has 0 atom stereocenters. The van der Waals surface area contributed by atoms with Crippen LogP contribution in [0.15, 0.2) is 48.5 Å². The predicted octanol–water partition coefficient (Wildman–Crippen LogP) is 5.15. The summed E-state index contributed by atoms with van der Waals surface area (Å²) in [5, 5.41) is 5.74. The van der Waals surface area contributed by atoms with Crippen molar-refractivity contribution in [3.63, 3.8) is 0 Å². The Labute approximate surface area is 192 Å². The zero-order chi connectivity index (χ0) is 23.6. The van der Waals surface area contributed by atoms with Crippen molar-refractivity contribution < 1.29 is 27.8 Å². The van der Waals surface area contributed by atoms with E-state index in [2.05, 4.69) is 15.4 Å². The minimum Gasteiger partial charge on any atom is -0.490 e. The van der Waals surface area contributed by atoms with Gasteiger partial charge in [-0.1, -0.05) is 31.0 Å². The van der Waals surface area contributed by atoms with E-state index in [0.717, 1.165) is 31.2 Å². The van der Waals surface area contributed by atoms with Crippen LogP contribution in [0.1, 0.15) is 43.7 Å². The SMILES string of the molecule is CCOc1cc(C=CC(=O)NCc2cccc(NC(=O)C3CCCC3)c2)ccc1OC(F)F. The molecule has 8 heteroatoms. The first-order valence-corrected chi connectivity index (χ1v) is 11.0. The van der Waals surface area contributed by atoms with Gasteiger partial charge in [0.05, 0.1) is 6.61 Å². The number of hydrogen-bond donors (Lipinski definition) is 2. The average Bonchev–Trinajstić information content (AvgIpc) is 3.33. The van der Waals surface area contributed by atoms with Crippen LogP contribution in [0.4, 0.5) is 14.5 Å². The zero-order valence-electron chi connectivity index (χ0n) is 18.5. The lowest BCUT2D eigenvalue weighted by Gasteiger charge is -2.12. The highest BCUT2D eigenvalue weighted by atomic mass is 19.3. The van der Waals surface area contributed by atoms with Crippen LogP contribution in [0.3, 0.4) is 0 Å². The topological polar surface area (TPSA) is 76.7 Å². The largest absolute Gasteiger partial charge is 0.490 e. The minimum atomic E-state index is -2.95. The monoisotopic (exact) mass is 458 g/mol. The molecule has 0 saturated heterocycles. The van der Waals surface area contributed by atoms with Gasteiger partial charge in [-0.05, 0) is 61.2 Å². The summed E-state index contributed by atoms with van der Waals surface area (Å²) in [7, 11) is 0. The van der Waals surface area contributed by atoms with E-state index in [1.165, 1.54) is 18.2 Å². The van der Waals surface area contributed by atoms with Crippen LogP contribution in [0, 0.1) is 5.92 Å². The van der Waals surface area contributed by atoms with Gasteiger partial charge in [-0.15, -0.1) is 0 Å². The van der Waals surface area contributed by atoms with Gasteiger partial charge in [0.2, 0.25) is 11.8 Å². The summed E-state index contributed by atoms with van der Waals surface area (Å²) in [6.07, 6.45) is 6.97. The molecule has 2 aromatic rings. The van der Waals surface area contributed by atoms with E-state index in [0.29, 0.717) is 17.8 Å². The van der Waals surface area contributed by atoms with Gasteiger partial charge in [0.25, 0.3) is 0 Å². The zero-order valence-corrected chi connectivity index (χ0v) is 18.5. The van der Waals surface area contributed by atoms with Crippen LogP contribution in [-0.2, 0) is 16.1 Å². The standard InChI is InChI=1S/C25H28F2N2O4/c1-2-32-22-15-17(10-12-21(22)33-25(26)27)11-13-23(30)28-16-18-6-5-9-20(14-18)29-24(31)19-7-3-4-8-19/h5-6,9-15,19,25H,2-4,7-8,16H2,1H3,(H,28,30)(H,29,31). The third kappa shape index (κ3) is 7.59. The molecule has 6 nitrogen and oxygen atoms in total. The number of hydrogen-bond acceptors (Lipinski definition) is 4. The van der Waals surface area contributed by atoms with E-state index in [1.807, 2.05) is 24.3 Å². The molecule has 0 radical (unpaired) electrons. The number of halogens is 2. The van der Waals surface area contributed by atoms with Gasteiger partial charge in [-0.2, -0.15) is 8.78 Å². The highest BCUT2D eigenvalue weighted by Crippen LogP contribution is 2.30. The molecule has 1 saturated carbocycles. The van der Waals surface area contributed by atoms with Crippen molar-refractivity contribution >= 4 is 23.6 Å². The summed E-state index contributed by atoms with van der Waals surface area (Å²) in [4.78, 5) is 24.5. The fourth-order valence-corrected chi connectivity index (χ4v) is 3.70. The van der Waals surface area contributed by atoms with Crippen LogP contribution in [-0.4, -0.2) is 25.0 Å². The van der Waals surface area contributed by atoms with Gasteiger partial charge in [-0.3, -0.25) is 9.59 Å². The van der Waals surface area contributed by atoms with E-state index in [9.17, 15) is 18.4 Å². The Kier molecular flexibility index (Phi) is 8.80. The molecule has 0 aliphatic heterocycles. The molecule has 3 rings (SSSR count). The van der Waals surface area contributed by atoms with E-state index in [1.54, 1.807) is 19.1 Å². The summed E-state index contributed by atoms with van der Waals surface area (Å²) in [5.41, 5.74) is 2.17. The van der Waals surface area contributed by atoms with Crippen molar-refractivity contribution in [1.82, 2.24) is 5.32 Å². The molecule has 0 spiro atoms. The molecule has 2 amide bonds. The maximum atomic E-state index is 12.5. The van der Waals surface area contributed by atoms with E-state index in [-0.39, 0.29) is 35.8 Å². The number of alkyl halides is 2. The van der Waals surface area contributed by atoms with Gasteiger partial charge in [0.1, 0.15) is 0 Å². The molecule has 2 aromatic carbocycles. The number of benzene rings is 2. The fraction of sp³-hybridized carbons (Fsp3) is 0.360. The Hall–Kier alpha value is -3.42. The summed E-state index contributed by atoms with van der Waals surface area (Å²) in [6, 6.07) is 11.8. The van der Waals surface area contributed by atoms with Crippen molar-refractivity contribution in [1.29, 1.82) is 0 Å². The third-order valence-corrected chi connectivity index (χ3v) is 5.30. The summed E-state index contributed by atoms with van der Waals surface area (Å²) in [5.74, 6) is -0.0720. The Morgan fingerprint density at radius 1 is 1.12 bits per heavy atom. The first kappa shape index (κ1) is 24.2. The first-order chi connectivity index (χ1) is 15.9. The van der Waals surface area contributed by atoms with Crippen LogP contribution in [0.5, 0.6) is 11.5 Å². The van der Waals surface area contributed by atoms with Crippen molar-refractivity contribution in [3.8, 4) is 11.5 Å². The first-order valence-electron chi connectivity index (χ1n) is 11.0. The van der Waals surface area contributed by atoms with Crippen molar-refractivity contribution in [3.05, 3.63) is 59.7 Å². The Balaban J connectivity index is 1.54. The third-order valence-electron chi connectivity index (χ3n) is 5.30. The molecular weight excluding hydrogens is 430 g/mol. The Morgan fingerprint density at radius 2 is 1.91 bits per heavy atom. The Morgan fingerprint density at radius 3 is 2.64 bits per heavy atom. The predicted molar refractivity (Wildman–Crippen MR) is 122 cm³/mol. The lowest BCUT2D eigenvalue weighted by atomic mass is 10.1. The second-order valence-corrected chi connectivity index (χ2v) is 7.74. The van der Waals surface area contributed by atoms with Crippen molar-refractivity contribution in [2.45, 2.75) is 45.8 Å². The molecule has 176 valence electrons. The molecule has 1 aliphatic carbocycles. The fourth-order valence-electron chi connectivity index (χ4n) is 3.70. The van der Waals surface area contributed by atoms with E-state index < -0.39 is 6.61 Å². The summed E-state index contributed by atoms with van der Waals surface area (Å²) in [6.45, 7) is -0.641. The number of anilines is 1. The lowest BCUT2D eigenvalue weighted by molar-refractivity contribution is -0.119. The van der Waals surface area contributed by atoms with Gasteiger partial charge < -0.3 is 20.1 Å². The highest BCUT2D eigenvalue weighted by Gasteiger charge is 2.22. The summed E-state index contributed by atoms with van der Waals surface area (Å²) < 4.78 is 34.8. The smallest absolute Gasteiger partial charge is 0.387 e. The highest BCUT2D eigenvalue weighted by molar-refractivity contribution is 5.93. The molecule has 0 aromatic heterocycles. The minimum absolute atomic E-state index is 0.0491. The number of rotatable bonds is 10. The molecule has 0 heterocycles. The van der Waals surface area contributed by atoms with Crippen LogP contribution >= 0.6 is 0 Å². The van der Waals surface area contributed by atoms with Gasteiger partial charge in [0, 0.05) is 24.2 Å². The number of amides is 2. The number of carbonyl (C=O) groups excluding carboxylic acids is 2. The second-order valence-electron chi connectivity index (χ2n) is 7.74. The number of nitrogens with one attached hydrogen (secondary N) is 2. The molecule has 33 heavy (non-hydrogen) atoms. The van der Waals surface area contributed by atoms with E-state index in [4.69, 9.17) is 4.74 Å². The van der Waals surface area contributed by atoms with E-state index >= 15 is 0 Å². The summed E-state index contributed by atoms with van der Waals surface area (Å²) >= 11 is 0. The van der Waals surface area contributed by atoms with Crippen LogP contribution < -0.4 is 20.1 Å². The number of ether oxygens (including phenoxy) is 2. The molecule has 1 aliphatic rings. The number of carbonyl (C=O) groups is 2. The quantitative estimate of drug-likeness (QED) is 0.483. The van der Waals surface area contributed by atoms with Crippen LogP contribution in [0.25, 0.3) is 6.08 Å². The molecule has 1 fully saturated rings. The normalized spacial score (nSPS) is 13.9. The maximum absolute atomic E-state index is 12.5. The average molecular weight is 459 g/mol. The lowest BCUT2D eigenvalue weighted by Crippen LogP contribution is -2.21. The second kappa shape index (κ2) is 12.0. The molecule has 0 unspecified atom stereocenters. The van der Waals surface area contributed by atoms with Gasteiger partial charge in [0.15, 0.2) is 11.5 Å². The van der Waals surface area contributed by atoms with Crippen LogP contribution in [0.2, 0.25) is 0 Å². The van der Waals surface area contributed by atoms with Crippen molar-refractivity contribution in [2.24, 2.45) is 5.92 Å². The molecular formula is C25H28F2N2O4. The van der Waals surface area contributed by atoms with Gasteiger partial charge in [-0.25, -0.2) is 0 Å². The van der Waals surface area contributed by atoms with Gasteiger partial charge >= 0.3 is 6.61 Å². The maximum Gasteiger partial charge on any atom is 0.387 e. The molecule has 0 bridgehead atoms. The Bertz CT molecular complexity index is 988. The molecule has 2 N–H and O–H groups in total. The van der Waals surface area contributed by atoms with Crippen molar-refractivity contribution in [2.75, 3.05) is 11.9 Å².